The Morgan fingerprint density at radius 3 is 2.31 bits per heavy atom. The van der Waals surface area contributed by atoms with Crippen molar-refractivity contribution in [1.29, 1.82) is 0 Å². The average molecular weight is 569 g/mol. The number of alkyl halides is 3. The number of benzene rings is 3. The van der Waals surface area contributed by atoms with Crippen LogP contribution in [0.25, 0.3) is 11.1 Å². The molecule has 0 spiro atoms. The number of aldehydes is 1. The predicted molar refractivity (Wildman–Crippen MR) is 142 cm³/mol. The van der Waals surface area contributed by atoms with Gasteiger partial charge in [-0.25, -0.2) is 9.78 Å². The summed E-state index contributed by atoms with van der Waals surface area (Å²) in [6.07, 6.45) is -3.61. The molecule has 5 rings (SSSR count). The molecule has 3 aromatic carbocycles. The summed E-state index contributed by atoms with van der Waals surface area (Å²) in [5.74, 6) is -0.169. The monoisotopic (exact) mass is 568 g/mol. The molecule has 1 aromatic heterocycles. The highest BCUT2D eigenvalue weighted by Gasteiger charge is 2.36. The number of amides is 1. The number of hydrogen-bond donors (Lipinski definition) is 1. The van der Waals surface area contributed by atoms with Gasteiger partial charge in [-0.2, -0.15) is 13.2 Å². The van der Waals surface area contributed by atoms with Crippen molar-refractivity contribution in [3.05, 3.63) is 112 Å². The van der Waals surface area contributed by atoms with Crippen LogP contribution in [0.4, 0.5) is 18.0 Å². The van der Waals surface area contributed by atoms with Crippen molar-refractivity contribution < 1.29 is 27.5 Å². The number of carbonyl (C=O) groups excluding carboxylic acids is 2. The zero-order valence-corrected chi connectivity index (χ0v) is 21.7. The first kappa shape index (κ1) is 26.8. The summed E-state index contributed by atoms with van der Waals surface area (Å²) in [5, 5.41) is 2.64. The molecule has 39 heavy (non-hydrogen) atoms. The molecular weight excluding hydrogens is 549 g/mol. The molecule has 5 nitrogen and oxygen atoms in total. The standard InChI is InChI=1S/C29H20ClF3N2O3S/c30-25-12-11-24(29(31,32)33)26(39-27-17(15-36)6-5-13-34-27)22(25)14-35-28(37)38-16-23-20-9-3-1-7-18(20)19-8-2-4-10-21(19)23/h1-13,15,23H,14,16H2,(H,35,37). The highest BCUT2D eigenvalue weighted by Crippen LogP contribution is 2.45. The number of nitrogens with zero attached hydrogens (tertiary/aromatic N) is 1. The third-order valence-electron chi connectivity index (χ3n) is 6.39. The van der Waals surface area contributed by atoms with Crippen molar-refractivity contribution in [2.75, 3.05) is 6.61 Å². The summed E-state index contributed by atoms with van der Waals surface area (Å²) in [5.41, 5.74) is 3.43. The number of hydrogen-bond acceptors (Lipinski definition) is 5. The molecule has 10 heteroatoms. The van der Waals surface area contributed by atoms with Gasteiger partial charge in [0.15, 0.2) is 6.29 Å². The number of aromatic nitrogens is 1. The lowest BCUT2D eigenvalue weighted by molar-refractivity contribution is -0.139. The van der Waals surface area contributed by atoms with Gasteiger partial charge in [-0.1, -0.05) is 71.9 Å². The van der Waals surface area contributed by atoms with E-state index < -0.39 is 17.8 Å². The minimum Gasteiger partial charge on any atom is -0.449 e. The Morgan fingerprint density at radius 2 is 1.67 bits per heavy atom. The lowest BCUT2D eigenvalue weighted by atomic mass is 9.98. The van der Waals surface area contributed by atoms with Crippen LogP contribution in [0.1, 0.15) is 38.5 Å². The summed E-state index contributed by atoms with van der Waals surface area (Å²) < 4.78 is 47.3. The minimum atomic E-state index is -4.71. The maximum absolute atomic E-state index is 13.9. The first-order valence-electron chi connectivity index (χ1n) is 11.8. The third kappa shape index (κ3) is 5.51. The highest BCUT2D eigenvalue weighted by molar-refractivity contribution is 7.99. The summed E-state index contributed by atoms with van der Waals surface area (Å²) in [7, 11) is 0. The molecule has 0 unspecified atom stereocenters. The number of ether oxygens (including phenoxy) is 1. The van der Waals surface area contributed by atoms with E-state index in [-0.39, 0.29) is 45.1 Å². The van der Waals surface area contributed by atoms with Crippen LogP contribution in [0.3, 0.4) is 0 Å². The van der Waals surface area contributed by atoms with Gasteiger partial charge in [0, 0.05) is 39.7 Å². The first-order valence-corrected chi connectivity index (χ1v) is 13.0. The third-order valence-corrected chi connectivity index (χ3v) is 7.95. The van der Waals surface area contributed by atoms with Crippen LogP contribution in [0.15, 0.2) is 88.9 Å². The normalized spacial score (nSPS) is 12.5. The Kier molecular flexibility index (Phi) is 7.63. The molecule has 198 valence electrons. The second-order valence-corrected chi connectivity index (χ2v) is 10.1. The summed E-state index contributed by atoms with van der Waals surface area (Å²) in [6.45, 7) is -0.278. The average Bonchev–Trinajstić information content (AvgIpc) is 3.25. The van der Waals surface area contributed by atoms with Gasteiger partial charge in [-0.05, 0) is 46.5 Å². The Labute approximate surface area is 231 Å². The SMILES string of the molecule is O=Cc1cccnc1Sc1c(C(F)(F)F)ccc(Cl)c1CNC(=O)OCC1c2ccccc2-c2ccccc21. The Hall–Kier alpha value is -3.82. The molecule has 0 bridgehead atoms. The molecule has 0 aliphatic heterocycles. The van der Waals surface area contributed by atoms with E-state index in [2.05, 4.69) is 10.3 Å². The highest BCUT2D eigenvalue weighted by atomic mass is 35.5. The van der Waals surface area contributed by atoms with Crippen LogP contribution in [0.2, 0.25) is 5.02 Å². The second-order valence-electron chi connectivity index (χ2n) is 8.70. The van der Waals surface area contributed by atoms with Crippen LogP contribution >= 0.6 is 23.4 Å². The van der Waals surface area contributed by atoms with Crippen LogP contribution in [-0.4, -0.2) is 24.0 Å². The first-order chi connectivity index (χ1) is 18.8. The van der Waals surface area contributed by atoms with Crippen LogP contribution in [-0.2, 0) is 17.5 Å². The summed E-state index contributed by atoms with van der Waals surface area (Å²) in [4.78, 5) is 27.9. The number of alkyl carbamates (subject to hydrolysis) is 1. The Bertz CT molecular complexity index is 1520. The van der Waals surface area contributed by atoms with Crippen molar-refractivity contribution in [2.24, 2.45) is 0 Å². The molecule has 0 fully saturated rings. The van der Waals surface area contributed by atoms with Gasteiger partial charge in [0.1, 0.15) is 11.6 Å². The van der Waals surface area contributed by atoms with Gasteiger partial charge < -0.3 is 10.1 Å². The molecule has 1 aliphatic rings. The zero-order valence-electron chi connectivity index (χ0n) is 20.2. The van der Waals surface area contributed by atoms with Gasteiger partial charge in [0.2, 0.25) is 0 Å². The van der Waals surface area contributed by atoms with E-state index in [1.165, 1.54) is 18.3 Å². The molecule has 1 amide bonds. The summed E-state index contributed by atoms with van der Waals surface area (Å²) >= 11 is 6.97. The topological polar surface area (TPSA) is 68.3 Å². The number of rotatable bonds is 7. The van der Waals surface area contributed by atoms with Gasteiger partial charge >= 0.3 is 12.3 Å². The smallest absolute Gasteiger partial charge is 0.417 e. The van der Waals surface area contributed by atoms with Crippen molar-refractivity contribution >= 4 is 35.7 Å². The van der Waals surface area contributed by atoms with E-state index in [0.717, 1.165) is 34.4 Å². The molecular formula is C29H20ClF3N2O3S. The van der Waals surface area contributed by atoms with E-state index >= 15 is 0 Å². The molecule has 0 saturated carbocycles. The van der Waals surface area contributed by atoms with Gasteiger partial charge in [0.05, 0.1) is 5.56 Å². The van der Waals surface area contributed by atoms with Gasteiger partial charge in [0.25, 0.3) is 0 Å². The Balaban J connectivity index is 1.36. The number of carbonyl (C=O) groups is 2. The van der Waals surface area contributed by atoms with Crippen molar-refractivity contribution in [2.45, 2.75) is 28.6 Å². The number of halogens is 4. The van der Waals surface area contributed by atoms with Crippen molar-refractivity contribution in [1.82, 2.24) is 10.3 Å². The largest absolute Gasteiger partial charge is 0.449 e. The van der Waals surface area contributed by atoms with Gasteiger partial charge in [-0.15, -0.1) is 0 Å². The maximum atomic E-state index is 13.9. The Morgan fingerprint density at radius 1 is 1.00 bits per heavy atom. The second kappa shape index (κ2) is 11.1. The zero-order chi connectivity index (χ0) is 27.6. The van der Waals surface area contributed by atoms with Gasteiger partial charge in [-0.3, -0.25) is 4.79 Å². The lowest BCUT2D eigenvalue weighted by Crippen LogP contribution is -2.26. The number of fused-ring (bicyclic) bond motifs is 3. The quantitative estimate of drug-likeness (QED) is 0.231. The molecule has 0 radical (unpaired) electrons. The lowest BCUT2D eigenvalue weighted by Gasteiger charge is -2.19. The van der Waals surface area contributed by atoms with Crippen LogP contribution in [0.5, 0.6) is 0 Å². The maximum Gasteiger partial charge on any atom is 0.417 e. The molecule has 1 heterocycles. The fourth-order valence-corrected chi connectivity index (χ4v) is 6.01. The molecule has 4 aromatic rings. The molecule has 0 atom stereocenters. The number of nitrogens with one attached hydrogen (secondary N) is 1. The minimum absolute atomic E-state index is 0.0213. The fraction of sp³-hybridized carbons (Fsp3) is 0.138. The fourth-order valence-electron chi connectivity index (χ4n) is 4.59. The summed E-state index contributed by atoms with van der Waals surface area (Å²) in [6, 6.07) is 20.7. The molecule has 1 aliphatic carbocycles. The van der Waals surface area contributed by atoms with Crippen molar-refractivity contribution in [3.8, 4) is 11.1 Å². The van der Waals surface area contributed by atoms with Crippen molar-refractivity contribution in [3.63, 3.8) is 0 Å². The van der Waals surface area contributed by atoms with E-state index in [0.29, 0.717) is 18.0 Å². The number of pyridine rings is 1. The van der Waals surface area contributed by atoms with Crippen LogP contribution < -0.4 is 5.32 Å². The van der Waals surface area contributed by atoms with E-state index in [1.807, 2.05) is 48.5 Å². The van der Waals surface area contributed by atoms with E-state index in [4.69, 9.17) is 16.3 Å². The predicted octanol–water partition coefficient (Wildman–Crippen LogP) is 7.76. The van der Waals surface area contributed by atoms with E-state index in [1.54, 1.807) is 0 Å². The molecule has 1 N–H and O–H groups in total. The van der Waals surface area contributed by atoms with Crippen LogP contribution in [0, 0.1) is 0 Å². The van der Waals surface area contributed by atoms with E-state index in [9.17, 15) is 22.8 Å². The molecule has 0 saturated heterocycles.